The summed E-state index contributed by atoms with van der Waals surface area (Å²) in [5.41, 5.74) is 8.35. The molecule has 4 N–H and O–H groups in total. The number of hydrogen-bond donors (Lipinski definition) is 3. The van der Waals surface area contributed by atoms with Gasteiger partial charge >= 0.3 is 6.18 Å². The maximum Gasteiger partial charge on any atom is 0.433 e. The summed E-state index contributed by atoms with van der Waals surface area (Å²) in [6.07, 6.45) is 1.54. The van der Waals surface area contributed by atoms with Crippen LogP contribution in [0.4, 0.5) is 13.2 Å². The highest BCUT2D eigenvalue weighted by molar-refractivity contribution is 6.25. The van der Waals surface area contributed by atoms with Crippen molar-refractivity contribution in [2.75, 3.05) is 0 Å². The summed E-state index contributed by atoms with van der Waals surface area (Å²) in [5, 5.41) is 17.3. The first-order valence-corrected chi connectivity index (χ1v) is 9.81. The summed E-state index contributed by atoms with van der Waals surface area (Å²) in [7, 11) is 0. The van der Waals surface area contributed by atoms with E-state index in [-0.39, 0.29) is 11.3 Å². The van der Waals surface area contributed by atoms with Gasteiger partial charge in [0.15, 0.2) is 0 Å². The fourth-order valence-electron chi connectivity index (χ4n) is 4.46. The summed E-state index contributed by atoms with van der Waals surface area (Å²) < 4.78 is 39.8. The van der Waals surface area contributed by atoms with Crippen LogP contribution in [-0.4, -0.2) is 27.1 Å². The number of benzene rings is 1. The van der Waals surface area contributed by atoms with E-state index in [1.165, 1.54) is 0 Å². The number of aromatic amines is 1. The van der Waals surface area contributed by atoms with Crippen molar-refractivity contribution in [3.8, 4) is 0 Å². The molecule has 5 rings (SSSR count). The molecule has 150 valence electrons. The zero-order chi connectivity index (χ0) is 20.3. The van der Waals surface area contributed by atoms with Crippen molar-refractivity contribution in [1.82, 2.24) is 15.2 Å². The van der Waals surface area contributed by atoms with Crippen molar-refractivity contribution in [3.63, 3.8) is 0 Å². The van der Waals surface area contributed by atoms with Crippen molar-refractivity contribution in [2.45, 2.75) is 50.6 Å². The van der Waals surface area contributed by atoms with E-state index in [1.807, 2.05) is 12.1 Å². The Kier molecular flexibility index (Phi) is 3.94. The molecule has 2 aliphatic rings. The lowest BCUT2D eigenvalue weighted by Gasteiger charge is -2.23. The second kappa shape index (κ2) is 6.30. The quantitative estimate of drug-likeness (QED) is 0.555. The van der Waals surface area contributed by atoms with E-state index in [2.05, 4.69) is 15.2 Å². The predicted octanol–water partition coefficient (Wildman–Crippen LogP) is 4.75. The Bertz CT molecular complexity index is 1180. The number of aromatic nitrogens is 3. The molecular weight excluding hydrogens is 379 g/mol. The van der Waals surface area contributed by atoms with Crippen molar-refractivity contribution >= 4 is 33.1 Å². The van der Waals surface area contributed by atoms with Crippen molar-refractivity contribution < 1.29 is 13.2 Å². The summed E-state index contributed by atoms with van der Waals surface area (Å²) in [6.45, 7) is 0. The van der Waals surface area contributed by atoms with E-state index in [4.69, 9.17) is 11.1 Å². The summed E-state index contributed by atoms with van der Waals surface area (Å²) in [6, 6.07) is 3.69. The Balaban J connectivity index is 1.83. The molecule has 1 saturated carbocycles. The number of nitrogens with one attached hydrogen (secondary N) is 2. The van der Waals surface area contributed by atoms with E-state index >= 15 is 0 Å². The van der Waals surface area contributed by atoms with E-state index < -0.39 is 11.9 Å². The molecule has 0 radical (unpaired) electrons. The molecule has 2 aliphatic carbocycles. The van der Waals surface area contributed by atoms with Gasteiger partial charge in [-0.05, 0) is 61.8 Å². The van der Waals surface area contributed by atoms with E-state index in [0.29, 0.717) is 17.9 Å². The molecule has 29 heavy (non-hydrogen) atoms. The molecule has 8 heteroatoms. The van der Waals surface area contributed by atoms with Gasteiger partial charge in [0.2, 0.25) is 0 Å². The minimum atomic E-state index is -4.78. The highest BCUT2D eigenvalue weighted by Crippen LogP contribution is 2.45. The smallest absolute Gasteiger partial charge is 0.404 e. The number of fused-ring (bicyclic) bond motifs is 5. The second-order valence-electron chi connectivity index (χ2n) is 7.84. The molecule has 0 atom stereocenters. The lowest BCUT2D eigenvalue weighted by atomic mass is 9.84. The van der Waals surface area contributed by atoms with Gasteiger partial charge < -0.3 is 5.73 Å². The van der Waals surface area contributed by atoms with E-state index in [1.54, 1.807) is 0 Å². The average Bonchev–Trinajstić information content (AvgIpc) is 3.46. The van der Waals surface area contributed by atoms with Crippen LogP contribution in [0.3, 0.4) is 0 Å². The Morgan fingerprint density at radius 2 is 1.86 bits per heavy atom. The van der Waals surface area contributed by atoms with Gasteiger partial charge in [-0.1, -0.05) is 0 Å². The molecule has 0 amide bonds. The van der Waals surface area contributed by atoms with Gasteiger partial charge in [0.05, 0.1) is 22.4 Å². The van der Waals surface area contributed by atoms with Crippen LogP contribution in [0.2, 0.25) is 0 Å². The van der Waals surface area contributed by atoms with Crippen molar-refractivity contribution in [3.05, 3.63) is 40.8 Å². The van der Waals surface area contributed by atoms with Crippen LogP contribution in [0.1, 0.15) is 54.1 Å². The number of nitrogens with zero attached hydrogens (tertiary/aromatic N) is 2. The number of aryl methyl sites for hydroxylation is 1. The maximum absolute atomic E-state index is 13.3. The van der Waals surface area contributed by atoms with Gasteiger partial charge in [-0.2, -0.15) is 18.3 Å². The first kappa shape index (κ1) is 18.1. The fourth-order valence-corrected chi connectivity index (χ4v) is 4.46. The number of nitrogens with two attached hydrogens (primary N) is 1. The summed E-state index contributed by atoms with van der Waals surface area (Å²) >= 11 is 0. The Hall–Kier alpha value is -2.90. The first-order chi connectivity index (χ1) is 13.9. The molecule has 0 bridgehead atoms. The van der Waals surface area contributed by atoms with Crippen LogP contribution in [-0.2, 0) is 12.8 Å². The molecule has 2 aromatic heterocycles. The molecule has 1 fully saturated rings. The molecule has 0 aliphatic heterocycles. The zero-order valence-electron chi connectivity index (χ0n) is 15.7. The Morgan fingerprint density at radius 3 is 2.52 bits per heavy atom. The van der Waals surface area contributed by atoms with Crippen LogP contribution >= 0.6 is 0 Å². The van der Waals surface area contributed by atoms with Gasteiger partial charge in [0.25, 0.3) is 0 Å². The first-order valence-electron chi connectivity index (χ1n) is 9.81. The SMILES string of the molecule is N=C(/C(=C\N)c1nc2ccc3[nH]nc(C4CC4)c3c2c2c1CCCC2)C(F)(F)F. The molecule has 0 spiro atoms. The van der Waals surface area contributed by atoms with E-state index in [0.717, 1.165) is 71.4 Å². The second-order valence-corrected chi connectivity index (χ2v) is 7.84. The van der Waals surface area contributed by atoms with Crippen LogP contribution in [0, 0.1) is 5.41 Å². The summed E-state index contributed by atoms with van der Waals surface area (Å²) in [4.78, 5) is 4.61. The van der Waals surface area contributed by atoms with Crippen molar-refractivity contribution in [2.24, 2.45) is 5.73 Å². The minimum absolute atomic E-state index is 0.188. The number of rotatable bonds is 3. The van der Waals surface area contributed by atoms with Crippen LogP contribution in [0.5, 0.6) is 0 Å². The van der Waals surface area contributed by atoms with Crippen LogP contribution in [0.15, 0.2) is 18.3 Å². The third kappa shape index (κ3) is 2.81. The van der Waals surface area contributed by atoms with Crippen molar-refractivity contribution in [1.29, 1.82) is 5.41 Å². The van der Waals surface area contributed by atoms with Gasteiger partial charge in [0.1, 0.15) is 5.71 Å². The summed E-state index contributed by atoms with van der Waals surface area (Å²) in [5.74, 6) is 0.436. The van der Waals surface area contributed by atoms with Gasteiger partial charge in [-0.3, -0.25) is 10.5 Å². The van der Waals surface area contributed by atoms with Crippen LogP contribution < -0.4 is 5.73 Å². The third-order valence-electron chi connectivity index (χ3n) is 5.96. The van der Waals surface area contributed by atoms with Crippen LogP contribution in [0.25, 0.3) is 27.4 Å². The number of alkyl halides is 3. The molecule has 2 heterocycles. The molecule has 0 unspecified atom stereocenters. The monoisotopic (exact) mass is 399 g/mol. The maximum atomic E-state index is 13.3. The normalized spacial score (nSPS) is 17.7. The molecule has 0 saturated heterocycles. The number of halogens is 3. The number of allylic oxidation sites excluding steroid dienone is 1. The molecule has 3 aromatic rings. The standard InChI is InChI=1S/C21H20F3N5/c22-21(23,24)20(26)13(9-25)19-12-4-2-1-3-11(12)16-14(27-19)7-8-15-17(16)18(29-28-15)10-5-6-10/h7-10,26H,1-6,25H2,(H,28,29)/b13-9-,26-20?. The molecule has 1 aromatic carbocycles. The van der Waals surface area contributed by atoms with Gasteiger partial charge in [-0.25, -0.2) is 4.98 Å². The zero-order valence-corrected chi connectivity index (χ0v) is 15.7. The Labute approximate surface area is 164 Å². The number of hydrogen-bond acceptors (Lipinski definition) is 4. The third-order valence-corrected chi connectivity index (χ3v) is 5.96. The predicted molar refractivity (Wildman–Crippen MR) is 106 cm³/mol. The Morgan fingerprint density at radius 1 is 1.14 bits per heavy atom. The highest BCUT2D eigenvalue weighted by atomic mass is 19.4. The fraction of sp³-hybridized carbons (Fsp3) is 0.381. The lowest BCUT2D eigenvalue weighted by molar-refractivity contribution is -0.0578. The number of pyridine rings is 1. The average molecular weight is 399 g/mol. The largest absolute Gasteiger partial charge is 0.433 e. The van der Waals surface area contributed by atoms with Gasteiger partial charge in [-0.15, -0.1) is 0 Å². The molecular formula is C21H20F3N5. The lowest BCUT2D eigenvalue weighted by Crippen LogP contribution is -2.25. The molecule has 5 nitrogen and oxygen atoms in total. The highest BCUT2D eigenvalue weighted by Gasteiger charge is 2.39. The number of H-pyrrole nitrogens is 1. The van der Waals surface area contributed by atoms with Gasteiger partial charge in [0, 0.05) is 28.5 Å². The topological polar surface area (TPSA) is 91.4 Å². The minimum Gasteiger partial charge on any atom is -0.404 e. The van der Waals surface area contributed by atoms with E-state index in [9.17, 15) is 13.2 Å².